The van der Waals surface area contributed by atoms with Crippen LogP contribution in [-0.4, -0.2) is 18.3 Å². The third-order valence-electron chi connectivity index (χ3n) is 13.4. The summed E-state index contributed by atoms with van der Waals surface area (Å²) in [6, 6.07) is 53.3. The standard InChI is InChI=1S/C26H29BO2.C26H21Br.C6H4BrI/c1-24(2,3)19-14-17-9-8-16-11-13-21(27-28-25(4,5)26(6,7)29-27)20-12-10-18(15-19)22(17)23(16)20;1-26(2,3)20-14-18-5-4-17-8-12-22(16-6-10-21(27)11-7-16)23-13-9-19(15-20)24(18)25(17)23;7-5-1-3-6(8)4-2-5/h8-15H,1-7H3;4-15H,1-3H3;1-4H. The van der Waals surface area contributed by atoms with Gasteiger partial charge in [0.05, 0.1) is 11.2 Å². The van der Waals surface area contributed by atoms with Crippen LogP contribution in [0.3, 0.4) is 0 Å². The molecule has 10 aromatic carbocycles. The molecule has 10 aromatic rings. The molecule has 0 amide bonds. The van der Waals surface area contributed by atoms with Crippen LogP contribution in [0.25, 0.3) is 75.8 Å². The molecular formula is C58H54BBr2IO2. The Hall–Kier alpha value is -4.05. The van der Waals surface area contributed by atoms with E-state index in [-0.39, 0.29) is 29.2 Å². The SMILES string of the molecule is Brc1ccc(I)cc1.CC(C)(C)c1cc2ccc3ccc(-c4ccc(Br)cc4)c4ccc(c1)c2c34.CC(C)(C)c1cc2ccc3ccc(B4OC(C)(C)C(C)(C)O4)c4ccc(c1)c2c34. The summed E-state index contributed by atoms with van der Waals surface area (Å²) in [5.41, 5.74) is 6.01. The predicted octanol–water partition coefficient (Wildman–Crippen LogP) is 17.5. The lowest BCUT2D eigenvalue weighted by Crippen LogP contribution is -2.41. The van der Waals surface area contributed by atoms with Crippen molar-refractivity contribution in [1.82, 2.24) is 0 Å². The third kappa shape index (κ3) is 8.47. The summed E-state index contributed by atoms with van der Waals surface area (Å²) in [4.78, 5) is 0. The highest BCUT2D eigenvalue weighted by Crippen LogP contribution is 2.43. The molecule has 0 spiro atoms. The predicted molar refractivity (Wildman–Crippen MR) is 293 cm³/mol. The molecule has 1 saturated heterocycles. The first-order valence-electron chi connectivity index (χ1n) is 22.2. The average Bonchev–Trinajstić information content (AvgIpc) is 3.47. The highest BCUT2D eigenvalue weighted by atomic mass is 127. The van der Waals surface area contributed by atoms with Crippen LogP contribution in [0.2, 0.25) is 0 Å². The van der Waals surface area contributed by atoms with Crippen molar-refractivity contribution in [2.45, 2.75) is 91.3 Å². The number of halogens is 3. The van der Waals surface area contributed by atoms with Gasteiger partial charge in [-0.3, -0.25) is 0 Å². The van der Waals surface area contributed by atoms with Gasteiger partial charge in [-0.2, -0.15) is 0 Å². The van der Waals surface area contributed by atoms with Crippen LogP contribution in [-0.2, 0) is 20.1 Å². The summed E-state index contributed by atoms with van der Waals surface area (Å²) < 4.78 is 16.3. The van der Waals surface area contributed by atoms with Crippen LogP contribution < -0.4 is 5.46 Å². The first kappa shape index (κ1) is 45.1. The largest absolute Gasteiger partial charge is 0.495 e. The molecule has 1 aliphatic heterocycles. The first-order chi connectivity index (χ1) is 30.2. The monoisotopic (exact) mass is 1080 g/mol. The van der Waals surface area contributed by atoms with Crippen molar-refractivity contribution < 1.29 is 9.31 Å². The first-order valence-corrected chi connectivity index (χ1v) is 24.8. The van der Waals surface area contributed by atoms with Crippen molar-refractivity contribution in [3.8, 4) is 11.1 Å². The van der Waals surface area contributed by atoms with Crippen molar-refractivity contribution in [2.24, 2.45) is 0 Å². The van der Waals surface area contributed by atoms with Crippen molar-refractivity contribution in [3.05, 3.63) is 169 Å². The fraction of sp³-hybridized carbons (Fsp3) is 0.241. The van der Waals surface area contributed by atoms with E-state index >= 15 is 0 Å². The van der Waals surface area contributed by atoms with Gasteiger partial charge in [-0.15, -0.1) is 0 Å². The van der Waals surface area contributed by atoms with E-state index in [1.165, 1.54) is 90.5 Å². The Morgan fingerprint density at radius 1 is 0.438 bits per heavy atom. The van der Waals surface area contributed by atoms with Crippen molar-refractivity contribution >= 4 is 132 Å². The summed E-state index contributed by atoms with van der Waals surface area (Å²) in [5, 5.41) is 15.8. The summed E-state index contributed by atoms with van der Waals surface area (Å²) >= 11 is 9.16. The molecule has 1 heterocycles. The van der Waals surface area contributed by atoms with Crippen LogP contribution in [0.5, 0.6) is 0 Å². The van der Waals surface area contributed by atoms with Crippen molar-refractivity contribution in [3.63, 3.8) is 0 Å². The Balaban J connectivity index is 0.000000138. The normalized spacial score (nSPS) is 15.0. The lowest BCUT2D eigenvalue weighted by Gasteiger charge is -2.32. The maximum absolute atomic E-state index is 6.38. The molecule has 0 aliphatic carbocycles. The molecule has 0 unspecified atom stereocenters. The maximum atomic E-state index is 6.38. The van der Waals surface area contributed by atoms with E-state index in [2.05, 4.69) is 257 Å². The van der Waals surface area contributed by atoms with Crippen LogP contribution in [0.4, 0.5) is 0 Å². The molecule has 2 nitrogen and oxygen atoms in total. The van der Waals surface area contributed by atoms with Crippen LogP contribution >= 0.6 is 54.5 Å². The van der Waals surface area contributed by atoms with Crippen LogP contribution in [0.15, 0.2) is 155 Å². The Kier molecular flexibility index (Phi) is 11.8. The number of rotatable bonds is 2. The van der Waals surface area contributed by atoms with Crippen molar-refractivity contribution in [1.29, 1.82) is 0 Å². The summed E-state index contributed by atoms with van der Waals surface area (Å²) in [5.74, 6) is 0. The molecule has 0 N–H and O–H groups in total. The van der Waals surface area contributed by atoms with E-state index < -0.39 is 0 Å². The highest BCUT2D eigenvalue weighted by molar-refractivity contribution is 14.1. The van der Waals surface area contributed by atoms with Gasteiger partial charge < -0.3 is 9.31 Å². The molecule has 0 radical (unpaired) electrons. The molecule has 0 atom stereocenters. The fourth-order valence-electron chi connectivity index (χ4n) is 9.01. The molecule has 1 aliphatic rings. The van der Waals surface area contributed by atoms with Gasteiger partial charge in [0, 0.05) is 12.5 Å². The van der Waals surface area contributed by atoms with Gasteiger partial charge in [-0.1, -0.05) is 183 Å². The molecule has 0 bridgehead atoms. The quantitative estimate of drug-likeness (QED) is 0.0976. The number of hydrogen-bond donors (Lipinski definition) is 0. The van der Waals surface area contributed by atoms with Crippen LogP contribution in [0, 0.1) is 3.57 Å². The fourth-order valence-corrected chi connectivity index (χ4v) is 9.90. The highest BCUT2D eigenvalue weighted by Gasteiger charge is 2.52. The van der Waals surface area contributed by atoms with E-state index in [4.69, 9.17) is 9.31 Å². The van der Waals surface area contributed by atoms with E-state index in [1.807, 2.05) is 12.1 Å². The minimum absolute atomic E-state index is 0.123. The zero-order valence-corrected chi connectivity index (χ0v) is 43.7. The average molecular weight is 1080 g/mol. The Morgan fingerprint density at radius 2 is 0.812 bits per heavy atom. The molecule has 6 heteroatoms. The van der Waals surface area contributed by atoms with Gasteiger partial charge in [-0.25, -0.2) is 0 Å². The molecule has 322 valence electrons. The maximum Gasteiger partial charge on any atom is 0.495 e. The topological polar surface area (TPSA) is 18.5 Å². The Bertz CT molecular complexity index is 3250. The smallest absolute Gasteiger partial charge is 0.399 e. The summed E-state index contributed by atoms with van der Waals surface area (Å²) in [6.07, 6.45) is 0. The third-order valence-corrected chi connectivity index (χ3v) is 15.2. The molecule has 0 aromatic heterocycles. The Morgan fingerprint density at radius 3 is 1.27 bits per heavy atom. The Labute approximate surface area is 409 Å². The molecule has 11 rings (SSSR count). The lowest BCUT2D eigenvalue weighted by molar-refractivity contribution is 0.00578. The van der Waals surface area contributed by atoms with Crippen LogP contribution in [0.1, 0.15) is 80.4 Å². The van der Waals surface area contributed by atoms with Crippen molar-refractivity contribution in [2.75, 3.05) is 0 Å². The molecule has 0 saturated carbocycles. The lowest BCUT2D eigenvalue weighted by atomic mass is 9.74. The van der Waals surface area contributed by atoms with E-state index in [0.29, 0.717) is 0 Å². The molecular weight excluding hydrogens is 1030 g/mol. The minimum Gasteiger partial charge on any atom is -0.399 e. The summed E-state index contributed by atoms with van der Waals surface area (Å²) in [6.45, 7) is 22.1. The zero-order valence-electron chi connectivity index (χ0n) is 38.4. The van der Waals surface area contributed by atoms with Gasteiger partial charge in [0.1, 0.15) is 0 Å². The van der Waals surface area contributed by atoms with E-state index in [1.54, 1.807) is 0 Å². The van der Waals surface area contributed by atoms with Gasteiger partial charge in [0.2, 0.25) is 0 Å². The van der Waals surface area contributed by atoms with Gasteiger partial charge in [0.25, 0.3) is 0 Å². The minimum atomic E-state index is -0.352. The second-order valence-electron chi connectivity index (χ2n) is 20.4. The van der Waals surface area contributed by atoms with Gasteiger partial charge in [0.15, 0.2) is 0 Å². The second-order valence-corrected chi connectivity index (χ2v) is 23.5. The molecule has 64 heavy (non-hydrogen) atoms. The summed E-state index contributed by atoms with van der Waals surface area (Å²) in [7, 11) is -0.352. The second kappa shape index (κ2) is 16.7. The molecule has 1 fully saturated rings. The number of hydrogen-bond acceptors (Lipinski definition) is 2. The zero-order chi connectivity index (χ0) is 45.5. The van der Waals surface area contributed by atoms with E-state index in [9.17, 15) is 0 Å². The van der Waals surface area contributed by atoms with Gasteiger partial charge >= 0.3 is 7.12 Å². The van der Waals surface area contributed by atoms with E-state index in [0.717, 1.165) is 14.4 Å². The van der Waals surface area contributed by atoms with Gasteiger partial charge in [-0.05, 0) is 190 Å². The number of benzene rings is 10.